The maximum atomic E-state index is 12.1. The van der Waals surface area contributed by atoms with Crippen molar-refractivity contribution in [2.24, 2.45) is 0 Å². The number of ether oxygens (including phenoxy) is 1. The van der Waals surface area contributed by atoms with Crippen molar-refractivity contribution in [2.75, 3.05) is 6.61 Å². The van der Waals surface area contributed by atoms with Crippen molar-refractivity contribution < 1.29 is 30.0 Å². The Labute approximate surface area is 199 Å². The molecule has 1 rings (SSSR count). The molecule has 0 aromatic carbocycles. The number of amides is 1. The Hall–Kier alpha value is -1.51. The van der Waals surface area contributed by atoms with Gasteiger partial charge in [-0.25, -0.2) is 0 Å². The van der Waals surface area contributed by atoms with Crippen molar-refractivity contribution >= 4 is 5.91 Å². The van der Waals surface area contributed by atoms with Gasteiger partial charge in [0.1, 0.15) is 24.4 Å². The van der Waals surface area contributed by atoms with Crippen molar-refractivity contribution in [1.29, 1.82) is 0 Å². The summed E-state index contributed by atoms with van der Waals surface area (Å²) >= 11 is 0. The molecule has 5 N–H and O–H groups in total. The standard InChI is InChI=1S/C26H45NO6/c1-2-3-4-5-6-7-8-9-10-11-12-13-14-15-16-17-18-19-22(29)27-26-25(32)24(31)23(30)21(20-28)33-26/h3-4,6-7,9-10,21,23-26,28,30-32H,2,5,8,11-20H2,1H3,(H,27,29)/b4-3-,7-6-,10-9-/t21-,23-,24+,25-,26-/m1/s1. The van der Waals surface area contributed by atoms with E-state index in [0.29, 0.717) is 6.42 Å². The van der Waals surface area contributed by atoms with Crippen LogP contribution in [0.25, 0.3) is 0 Å². The number of unbranched alkanes of at least 4 members (excludes halogenated alkanes) is 7. The van der Waals surface area contributed by atoms with E-state index >= 15 is 0 Å². The maximum absolute atomic E-state index is 12.1. The summed E-state index contributed by atoms with van der Waals surface area (Å²) in [6.07, 6.45) is 18.9. The Morgan fingerprint density at radius 2 is 1.36 bits per heavy atom. The number of allylic oxidation sites excluding steroid dienone is 6. The van der Waals surface area contributed by atoms with Gasteiger partial charge < -0.3 is 30.5 Å². The molecule has 0 spiro atoms. The van der Waals surface area contributed by atoms with Crippen LogP contribution >= 0.6 is 0 Å². The summed E-state index contributed by atoms with van der Waals surface area (Å²) in [5, 5.41) is 41.2. The summed E-state index contributed by atoms with van der Waals surface area (Å²) in [5.74, 6) is -0.279. The second-order valence-electron chi connectivity index (χ2n) is 8.62. The Morgan fingerprint density at radius 3 is 2.00 bits per heavy atom. The van der Waals surface area contributed by atoms with Crippen LogP contribution in [0.15, 0.2) is 36.5 Å². The molecule has 0 bridgehead atoms. The highest BCUT2D eigenvalue weighted by molar-refractivity contribution is 5.76. The molecule has 1 heterocycles. The zero-order valence-corrected chi connectivity index (χ0v) is 20.1. The van der Waals surface area contributed by atoms with E-state index in [9.17, 15) is 25.2 Å². The summed E-state index contributed by atoms with van der Waals surface area (Å²) in [6.45, 7) is 1.63. The summed E-state index contributed by atoms with van der Waals surface area (Å²) in [5.41, 5.74) is 0. The van der Waals surface area contributed by atoms with Crippen LogP contribution in [-0.2, 0) is 9.53 Å². The van der Waals surface area contributed by atoms with Gasteiger partial charge in [0.25, 0.3) is 0 Å². The van der Waals surface area contributed by atoms with E-state index in [4.69, 9.17) is 4.74 Å². The number of hydrogen-bond acceptors (Lipinski definition) is 6. The first-order valence-electron chi connectivity index (χ1n) is 12.6. The van der Waals surface area contributed by atoms with Crippen LogP contribution in [0.4, 0.5) is 0 Å². The molecule has 0 radical (unpaired) electrons. The van der Waals surface area contributed by atoms with Crippen molar-refractivity contribution in [3.05, 3.63) is 36.5 Å². The van der Waals surface area contributed by atoms with Crippen LogP contribution < -0.4 is 5.32 Å². The molecule has 7 nitrogen and oxygen atoms in total. The molecule has 0 aliphatic carbocycles. The first-order chi connectivity index (χ1) is 16.0. The molecule has 33 heavy (non-hydrogen) atoms. The number of rotatable bonds is 17. The zero-order valence-electron chi connectivity index (χ0n) is 20.1. The van der Waals surface area contributed by atoms with Gasteiger partial charge in [0, 0.05) is 6.42 Å². The maximum Gasteiger partial charge on any atom is 0.222 e. The zero-order chi connectivity index (χ0) is 24.3. The molecular formula is C26H45NO6. The Bertz CT molecular complexity index is 589. The van der Waals surface area contributed by atoms with Crippen molar-refractivity contribution in [1.82, 2.24) is 5.32 Å². The summed E-state index contributed by atoms with van der Waals surface area (Å²) in [6, 6.07) is 0. The molecule has 1 aliphatic rings. The van der Waals surface area contributed by atoms with Crippen LogP contribution in [0, 0.1) is 0 Å². The van der Waals surface area contributed by atoms with Gasteiger partial charge in [0.2, 0.25) is 5.91 Å². The van der Waals surface area contributed by atoms with Gasteiger partial charge in [0.15, 0.2) is 6.23 Å². The highest BCUT2D eigenvalue weighted by Gasteiger charge is 2.43. The van der Waals surface area contributed by atoms with Gasteiger partial charge in [0.05, 0.1) is 6.61 Å². The molecule has 1 amide bonds. The van der Waals surface area contributed by atoms with Crippen molar-refractivity contribution in [2.45, 2.75) is 115 Å². The van der Waals surface area contributed by atoms with E-state index in [1.807, 2.05) is 0 Å². The van der Waals surface area contributed by atoms with Crippen LogP contribution in [-0.4, -0.2) is 63.6 Å². The highest BCUT2D eigenvalue weighted by Crippen LogP contribution is 2.20. The SMILES string of the molecule is CC/C=C\C/C=C\C/C=C\CCCCCCCCCC(=O)N[C@@H]1O[C@H](CO)[C@@H](O)[C@H](O)[C@H]1O. The second kappa shape index (κ2) is 18.9. The van der Waals surface area contributed by atoms with E-state index in [1.165, 1.54) is 19.3 Å². The number of aliphatic hydroxyl groups excluding tert-OH is 4. The molecule has 5 atom stereocenters. The first-order valence-corrected chi connectivity index (χ1v) is 12.6. The van der Waals surface area contributed by atoms with Gasteiger partial charge in [-0.2, -0.15) is 0 Å². The minimum atomic E-state index is -1.48. The molecule has 0 aromatic rings. The van der Waals surface area contributed by atoms with Crippen LogP contribution in [0.3, 0.4) is 0 Å². The van der Waals surface area contributed by atoms with E-state index < -0.39 is 37.3 Å². The number of carbonyl (C=O) groups excluding carboxylic acids is 1. The van der Waals surface area contributed by atoms with E-state index in [-0.39, 0.29) is 5.91 Å². The molecule has 190 valence electrons. The predicted octanol–water partition coefficient (Wildman–Crippen LogP) is 3.27. The number of hydrogen-bond donors (Lipinski definition) is 5. The fourth-order valence-electron chi connectivity index (χ4n) is 3.71. The number of aliphatic hydroxyl groups is 4. The molecular weight excluding hydrogens is 422 g/mol. The van der Waals surface area contributed by atoms with Gasteiger partial charge in [-0.05, 0) is 38.5 Å². The van der Waals surface area contributed by atoms with Crippen LogP contribution in [0.5, 0.6) is 0 Å². The molecule has 7 heteroatoms. The molecule has 1 fully saturated rings. The third-order valence-corrected chi connectivity index (χ3v) is 5.75. The Balaban J connectivity index is 1.98. The summed E-state index contributed by atoms with van der Waals surface area (Å²) < 4.78 is 5.29. The molecule has 1 aliphatic heterocycles. The topological polar surface area (TPSA) is 119 Å². The Kier molecular flexibility index (Phi) is 16.9. The lowest BCUT2D eigenvalue weighted by Gasteiger charge is -2.40. The van der Waals surface area contributed by atoms with Crippen LogP contribution in [0.2, 0.25) is 0 Å². The number of carbonyl (C=O) groups is 1. The smallest absolute Gasteiger partial charge is 0.222 e. The third-order valence-electron chi connectivity index (χ3n) is 5.75. The Morgan fingerprint density at radius 1 is 0.788 bits per heavy atom. The molecule has 0 aromatic heterocycles. The van der Waals surface area contributed by atoms with E-state index in [1.54, 1.807) is 0 Å². The molecule has 0 unspecified atom stereocenters. The lowest BCUT2D eigenvalue weighted by molar-refractivity contribution is -0.236. The minimum absolute atomic E-state index is 0.279. The van der Waals surface area contributed by atoms with E-state index in [2.05, 4.69) is 48.7 Å². The monoisotopic (exact) mass is 467 g/mol. The van der Waals surface area contributed by atoms with Crippen molar-refractivity contribution in [3.8, 4) is 0 Å². The summed E-state index contributed by atoms with van der Waals surface area (Å²) in [7, 11) is 0. The largest absolute Gasteiger partial charge is 0.394 e. The predicted molar refractivity (Wildman–Crippen MR) is 130 cm³/mol. The molecule has 0 saturated carbocycles. The fourth-order valence-corrected chi connectivity index (χ4v) is 3.71. The van der Waals surface area contributed by atoms with Crippen LogP contribution in [0.1, 0.15) is 84.0 Å². The lowest BCUT2D eigenvalue weighted by Crippen LogP contribution is -2.63. The molecule has 1 saturated heterocycles. The third kappa shape index (κ3) is 13.1. The number of nitrogens with one attached hydrogen (secondary N) is 1. The lowest BCUT2D eigenvalue weighted by atomic mass is 9.98. The van der Waals surface area contributed by atoms with Gasteiger partial charge in [-0.15, -0.1) is 0 Å². The normalized spacial score (nSPS) is 26.0. The summed E-state index contributed by atoms with van der Waals surface area (Å²) in [4.78, 5) is 12.1. The fraction of sp³-hybridized carbons (Fsp3) is 0.731. The average Bonchev–Trinajstić information content (AvgIpc) is 2.81. The van der Waals surface area contributed by atoms with Gasteiger partial charge in [-0.1, -0.05) is 75.5 Å². The first kappa shape index (κ1) is 29.5. The quantitative estimate of drug-likeness (QED) is 0.165. The van der Waals surface area contributed by atoms with Gasteiger partial charge >= 0.3 is 0 Å². The average molecular weight is 468 g/mol. The van der Waals surface area contributed by atoms with E-state index in [0.717, 1.165) is 51.4 Å². The second-order valence-corrected chi connectivity index (χ2v) is 8.62. The minimum Gasteiger partial charge on any atom is -0.394 e. The van der Waals surface area contributed by atoms with Gasteiger partial charge in [-0.3, -0.25) is 4.79 Å². The highest BCUT2D eigenvalue weighted by atomic mass is 16.6. The van der Waals surface area contributed by atoms with Crippen molar-refractivity contribution in [3.63, 3.8) is 0 Å².